The third kappa shape index (κ3) is 3.19. The summed E-state index contributed by atoms with van der Waals surface area (Å²) in [5, 5.41) is 1.21. The van der Waals surface area contributed by atoms with E-state index < -0.39 is 0 Å². The summed E-state index contributed by atoms with van der Waals surface area (Å²) >= 11 is 0. The van der Waals surface area contributed by atoms with Gasteiger partial charge in [-0.3, -0.25) is 9.88 Å². The molecule has 5 rings (SSSR count). The Hall–Kier alpha value is -2.79. The molecular formula is C22H23N5. The first-order valence-corrected chi connectivity index (χ1v) is 9.66. The molecule has 0 saturated heterocycles. The SMILES string of the molecule is C1=CCN(c2ncnc3c2CCN(Cc2cccc4cccnc24)CC3)C1. The van der Waals surface area contributed by atoms with Gasteiger partial charge in [-0.25, -0.2) is 9.97 Å². The van der Waals surface area contributed by atoms with E-state index >= 15 is 0 Å². The Morgan fingerprint density at radius 1 is 0.889 bits per heavy atom. The van der Waals surface area contributed by atoms with Gasteiger partial charge in [0.2, 0.25) is 0 Å². The smallest absolute Gasteiger partial charge is 0.136 e. The summed E-state index contributed by atoms with van der Waals surface area (Å²) in [4.78, 5) is 18.7. The number of aromatic nitrogens is 3. The molecule has 1 aromatic carbocycles. The zero-order chi connectivity index (χ0) is 18.1. The van der Waals surface area contributed by atoms with E-state index in [0.29, 0.717) is 0 Å². The molecule has 0 atom stereocenters. The van der Waals surface area contributed by atoms with E-state index in [1.165, 1.54) is 22.2 Å². The topological polar surface area (TPSA) is 45.2 Å². The highest BCUT2D eigenvalue weighted by Gasteiger charge is 2.22. The van der Waals surface area contributed by atoms with Crippen molar-refractivity contribution in [2.45, 2.75) is 19.4 Å². The molecule has 0 amide bonds. The lowest BCUT2D eigenvalue weighted by atomic mass is 10.1. The molecule has 0 fully saturated rings. The molecule has 0 spiro atoms. The zero-order valence-electron chi connectivity index (χ0n) is 15.4. The van der Waals surface area contributed by atoms with Gasteiger partial charge in [0.15, 0.2) is 0 Å². The Morgan fingerprint density at radius 3 is 2.67 bits per heavy atom. The average molecular weight is 357 g/mol. The Morgan fingerprint density at radius 2 is 1.74 bits per heavy atom. The number of pyridine rings is 1. The summed E-state index contributed by atoms with van der Waals surface area (Å²) < 4.78 is 0. The van der Waals surface area contributed by atoms with Crippen molar-refractivity contribution in [3.05, 3.63) is 71.8 Å². The van der Waals surface area contributed by atoms with Gasteiger partial charge in [0.05, 0.1) is 11.2 Å². The Balaban J connectivity index is 1.38. The molecule has 2 aliphatic rings. The molecule has 3 aromatic rings. The van der Waals surface area contributed by atoms with Gasteiger partial charge in [0, 0.05) is 56.3 Å². The zero-order valence-corrected chi connectivity index (χ0v) is 15.4. The molecule has 0 bridgehead atoms. The monoisotopic (exact) mass is 357 g/mol. The Bertz CT molecular complexity index is 984. The maximum Gasteiger partial charge on any atom is 0.136 e. The van der Waals surface area contributed by atoms with Crippen molar-refractivity contribution in [2.24, 2.45) is 0 Å². The van der Waals surface area contributed by atoms with E-state index in [-0.39, 0.29) is 0 Å². The van der Waals surface area contributed by atoms with Crippen molar-refractivity contribution in [1.82, 2.24) is 19.9 Å². The van der Waals surface area contributed by atoms with Gasteiger partial charge in [-0.2, -0.15) is 0 Å². The number of hydrogen-bond donors (Lipinski definition) is 0. The van der Waals surface area contributed by atoms with E-state index in [0.717, 1.165) is 56.9 Å². The maximum absolute atomic E-state index is 4.61. The van der Waals surface area contributed by atoms with Crippen LogP contribution in [-0.4, -0.2) is 46.0 Å². The molecule has 5 heteroatoms. The fourth-order valence-corrected chi connectivity index (χ4v) is 4.17. The third-order valence-corrected chi connectivity index (χ3v) is 5.58. The quantitative estimate of drug-likeness (QED) is 0.674. The predicted molar refractivity (Wildman–Crippen MR) is 108 cm³/mol. The molecule has 2 aromatic heterocycles. The number of nitrogens with zero attached hydrogens (tertiary/aromatic N) is 5. The molecule has 0 aliphatic carbocycles. The molecule has 4 heterocycles. The predicted octanol–water partition coefficient (Wildman–Crippen LogP) is 3.00. The van der Waals surface area contributed by atoms with Crippen LogP contribution in [0.2, 0.25) is 0 Å². The molecular weight excluding hydrogens is 334 g/mol. The minimum atomic E-state index is 0.927. The van der Waals surface area contributed by atoms with Crippen LogP contribution in [0.3, 0.4) is 0 Å². The minimum absolute atomic E-state index is 0.927. The first-order chi connectivity index (χ1) is 13.4. The van der Waals surface area contributed by atoms with E-state index in [9.17, 15) is 0 Å². The van der Waals surface area contributed by atoms with Crippen LogP contribution >= 0.6 is 0 Å². The standard InChI is InChI=1S/C22H23N5/c1-2-12-27(11-1)22-19-8-13-26(14-9-20(19)24-16-25-22)15-18-6-3-5-17-7-4-10-23-21(17)18/h1-7,10,16H,8-9,11-15H2. The second-order valence-corrected chi connectivity index (χ2v) is 7.27. The minimum Gasteiger partial charge on any atom is -0.349 e. The first-order valence-electron chi connectivity index (χ1n) is 9.66. The number of rotatable bonds is 3. The maximum atomic E-state index is 4.61. The average Bonchev–Trinajstić information content (AvgIpc) is 3.17. The number of benzene rings is 1. The van der Waals surface area contributed by atoms with Gasteiger partial charge in [-0.1, -0.05) is 36.4 Å². The molecule has 136 valence electrons. The van der Waals surface area contributed by atoms with E-state index in [2.05, 4.69) is 61.2 Å². The molecule has 0 radical (unpaired) electrons. The van der Waals surface area contributed by atoms with Crippen LogP contribution in [0.1, 0.15) is 16.8 Å². The van der Waals surface area contributed by atoms with Crippen LogP contribution < -0.4 is 4.90 Å². The second-order valence-electron chi connectivity index (χ2n) is 7.27. The van der Waals surface area contributed by atoms with Gasteiger partial charge in [0.25, 0.3) is 0 Å². The van der Waals surface area contributed by atoms with Gasteiger partial charge in [-0.05, 0) is 18.1 Å². The second kappa shape index (κ2) is 7.08. The van der Waals surface area contributed by atoms with Gasteiger partial charge in [-0.15, -0.1) is 0 Å². The highest BCUT2D eigenvalue weighted by molar-refractivity contribution is 5.81. The third-order valence-electron chi connectivity index (χ3n) is 5.58. The van der Waals surface area contributed by atoms with Crippen molar-refractivity contribution in [3.63, 3.8) is 0 Å². The molecule has 5 nitrogen and oxygen atoms in total. The summed E-state index contributed by atoms with van der Waals surface area (Å²) in [6.45, 7) is 4.88. The van der Waals surface area contributed by atoms with E-state index in [1.54, 1.807) is 6.33 Å². The van der Waals surface area contributed by atoms with Gasteiger partial charge >= 0.3 is 0 Å². The van der Waals surface area contributed by atoms with Crippen LogP contribution in [0, 0.1) is 0 Å². The largest absolute Gasteiger partial charge is 0.349 e. The van der Waals surface area contributed by atoms with Crippen LogP contribution in [0.15, 0.2) is 55.0 Å². The van der Waals surface area contributed by atoms with Crippen LogP contribution in [-0.2, 0) is 19.4 Å². The Kier molecular flexibility index (Phi) is 4.30. The van der Waals surface area contributed by atoms with Crippen molar-refractivity contribution in [3.8, 4) is 0 Å². The lowest BCUT2D eigenvalue weighted by molar-refractivity contribution is 0.280. The van der Waals surface area contributed by atoms with Crippen LogP contribution in [0.5, 0.6) is 0 Å². The van der Waals surface area contributed by atoms with Gasteiger partial charge < -0.3 is 4.90 Å². The fourth-order valence-electron chi connectivity index (χ4n) is 4.17. The summed E-state index contributed by atoms with van der Waals surface area (Å²) in [5.74, 6) is 1.12. The van der Waals surface area contributed by atoms with Crippen LogP contribution in [0.25, 0.3) is 10.9 Å². The molecule has 0 unspecified atom stereocenters. The van der Waals surface area contributed by atoms with Crippen molar-refractivity contribution < 1.29 is 0 Å². The first kappa shape index (κ1) is 16.4. The van der Waals surface area contributed by atoms with E-state index in [4.69, 9.17) is 0 Å². The van der Waals surface area contributed by atoms with Crippen molar-refractivity contribution >= 4 is 16.7 Å². The summed E-state index contributed by atoms with van der Waals surface area (Å²) in [6, 6.07) is 10.6. The summed E-state index contributed by atoms with van der Waals surface area (Å²) in [5.41, 5.74) is 4.96. The highest BCUT2D eigenvalue weighted by Crippen LogP contribution is 2.26. The lowest BCUT2D eigenvalue weighted by Gasteiger charge is -2.21. The fraction of sp³-hybridized carbons (Fsp3) is 0.318. The number of anilines is 1. The summed E-state index contributed by atoms with van der Waals surface area (Å²) in [7, 11) is 0. The number of para-hydroxylation sites is 1. The van der Waals surface area contributed by atoms with Crippen molar-refractivity contribution in [2.75, 3.05) is 31.1 Å². The number of fused-ring (bicyclic) bond motifs is 2. The molecule has 0 N–H and O–H groups in total. The molecule has 2 aliphatic heterocycles. The Labute approximate surface area is 159 Å². The van der Waals surface area contributed by atoms with Crippen molar-refractivity contribution in [1.29, 1.82) is 0 Å². The highest BCUT2D eigenvalue weighted by atomic mass is 15.2. The molecule has 27 heavy (non-hydrogen) atoms. The summed E-state index contributed by atoms with van der Waals surface area (Å²) in [6.07, 6.45) is 10.0. The normalized spacial score (nSPS) is 17.3. The molecule has 0 saturated carbocycles. The van der Waals surface area contributed by atoms with Crippen LogP contribution in [0.4, 0.5) is 5.82 Å². The lowest BCUT2D eigenvalue weighted by Crippen LogP contribution is -2.26. The van der Waals surface area contributed by atoms with E-state index in [1.807, 2.05) is 12.3 Å². The van der Waals surface area contributed by atoms with Gasteiger partial charge in [0.1, 0.15) is 12.1 Å². The number of hydrogen-bond acceptors (Lipinski definition) is 5.